The number of rotatable bonds is 11. The maximum absolute atomic E-state index is 13.2. The van der Waals surface area contributed by atoms with Crippen LogP contribution < -0.4 is 15.4 Å². The Hall–Kier alpha value is -3.11. The van der Waals surface area contributed by atoms with E-state index < -0.39 is 22.7 Å². The van der Waals surface area contributed by atoms with Crippen molar-refractivity contribution in [2.75, 3.05) is 12.4 Å². The molecule has 3 heterocycles. The second-order valence-corrected chi connectivity index (χ2v) is 9.21. The quantitative estimate of drug-likeness (QED) is 0.327. The Morgan fingerprint density at radius 3 is 2.60 bits per heavy atom. The van der Waals surface area contributed by atoms with Crippen LogP contribution in [-0.4, -0.2) is 54.8 Å². The van der Waals surface area contributed by atoms with Crippen LogP contribution in [0.3, 0.4) is 0 Å². The first kappa shape index (κ1) is 26.5. The third kappa shape index (κ3) is 6.52. The Morgan fingerprint density at radius 1 is 1.20 bits per heavy atom. The van der Waals surface area contributed by atoms with Crippen molar-refractivity contribution >= 4 is 40.8 Å². The molecule has 12 heteroatoms. The summed E-state index contributed by atoms with van der Waals surface area (Å²) in [7, 11) is 1.51. The maximum Gasteiger partial charge on any atom is 0.270 e. The molecule has 188 valence electrons. The number of pyridine rings is 1. The summed E-state index contributed by atoms with van der Waals surface area (Å²) in [4.78, 5) is 29.9. The van der Waals surface area contributed by atoms with Gasteiger partial charge in [-0.3, -0.25) is 19.4 Å². The number of carbonyl (C=O) groups excluding carboxylic acids is 2. The van der Waals surface area contributed by atoms with Crippen LogP contribution in [0.1, 0.15) is 48.1 Å². The number of hydrogen-bond acceptors (Lipinski definition) is 6. The molecule has 0 aliphatic rings. The number of aromatic nitrogens is 5. The number of carbonyl (C=O) groups is 2. The molecule has 3 rings (SSSR count). The summed E-state index contributed by atoms with van der Waals surface area (Å²) in [6, 6.07) is 4.26. The maximum atomic E-state index is 13.2. The standard InChI is InChI=1S/C23H29Cl2N7O3/c1-5-32-17(11-12-26-32)22(34)27-16(7-6-8-18(24)25)21(33)28-19-10-9-15(23(29-19)35-4)20-13(2)30-31-14(20)3/h9-12,16,18H,5-8H2,1-4H3,(H,27,34)(H,30,31)(H,28,29,33)/t16-/m1/s1. The van der Waals surface area contributed by atoms with Crippen LogP contribution in [-0.2, 0) is 11.3 Å². The van der Waals surface area contributed by atoms with E-state index in [-0.39, 0.29) is 0 Å². The molecule has 0 bridgehead atoms. The lowest BCUT2D eigenvalue weighted by atomic mass is 10.1. The van der Waals surface area contributed by atoms with Gasteiger partial charge in [0, 0.05) is 29.6 Å². The Bertz CT molecular complexity index is 1160. The minimum Gasteiger partial charge on any atom is -0.480 e. The zero-order chi connectivity index (χ0) is 25.5. The number of nitrogens with zero attached hydrogens (tertiary/aromatic N) is 4. The lowest BCUT2D eigenvalue weighted by Gasteiger charge is -2.19. The first-order valence-corrected chi connectivity index (χ1v) is 12.1. The van der Waals surface area contributed by atoms with Crippen LogP contribution in [0, 0.1) is 13.8 Å². The molecule has 0 fully saturated rings. The van der Waals surface area contributed by atoms with Crippen LogP contribution in [0.2, 0.25) is 0 Å². The highest BCUT2D eigenvalue weighted by Crippen LogP contribution is 2.33. The number of methoxy groups -OCH3 is 1. The summed E-state index contributed by atoms with van der Waals surface area (Å²) in [6.45, 7) is 6.20. The Morgan fingerprint density at radius 2 is 1.97 bits per heavy atom. The fourth-order valence-corrected chi connectivity index (χ4v) is 4.08. The van der Waals surface area contributed by atoms with E-state index in [0.717, 1.165) is 22.5 Å². The fourth-order valence-electron chi connectivity index (χ4n) is 3.77. The zero-order valence-corrected chi connectivity index (χ0v) is 21.6. The third-order valence-corrected chi connectivity index (χ3v) is 5.92. The molecule has 0 saturated heterocycles. The number of aromatic amines is 1. The Kier molecular flexibility index (Phi) is 9.11. The molecule has 3 N–H and O–H groups in total. The van der Waals surface area contributed by atoms with Gasteiger partial charge < -0.3 is 15.4 Å². The van der Waals surface area contributed by atoms with Gasteiger partial charge in [0.1, 0.15) is 22.4 Å². The molecule has 1 atom stereocenters. The van der Waals surface area contributed by atoms with Gasteiger partial charge in [0.25, 0.3) is 5.91 Å². The van der Waals surface area contributed by atoms with Crippen LogP contribution in [0.5, 0.6) is 5.88 Å². The molecular weight excluding hydrogens is 493 g/mol. The summed E-state index contributed by atoms with van der Waals surface area (Å²) >= 11 is 11.7. The predicted molar refractivity (Wildman–Crippen MR) is 135 cm³/mol. The molecular formula is C23H29Cl2N7O3. The van der Waals surface area contributed by atoms with Gasteiger partial charge >= 0.3 is 0 Å². The summed E-state index contributed by atoms with van der Waals surface area (Å²) in [6.07, 6.45) is 2.91. The van der Waals surface area contributed by atoms with E-state index in [1.165, 1.54) is 7.11 Å². The molecule has 0 aliphatic heterocycles. The van der Waals surface area contributed by atoms with Crippen LogP contribution in [0.15, 0.2) is 24.4 Å². The molecule has 0 unspecified atom stereocenters. The molecule has 0 saturated carbocycles. The number of aryl methyl sites for hydroxylation is 3. The number of nitrogens with one attached hydrogen (secondary N) is 3. The van der Waals surface area contributed by atoms with Crippen LogP contribution in [0.4, 0.5) is 5.82 Å². The number of ether oxygens (including phenoxy) is 1. The van der Waals surface area contributed by atoms with Crippen LogP contribution in [0.25, 0.3) is 11.1 Å². The van der Waals surface area contributed by atoms with Crippen molar-refractivity contribution in [1.82, 2.24) is 30.3 Å². The molecule has 0 aliphatic carbocycles. The number of halogens is 2. The second kappa shape index (κ2) is 12.0. The monoisotopic (exact) mass is 521 g/mol. The van der Waals surface area contributed by atoms with E-state index in [1.807, 2.05) is 26.8 Å². The average molecular weight is 522 g/mol. The largest absolute Gasteiger partial charge is 0.480 e. The molecule has 0 radical (unpaired) electrons. The normalized spacial score (nSPS) is 12.0. The van der Waals surface area contributed by atoms with Crippen molar-refractivity contribution in [3.63, 3.8) is 0 Å². The van der Waals surface area contributed by atoms with Gasteiger partial charge in [0.15, 0.2) is 0 Å². The number of amides is 2. The molecule has 2 amide bonds. The summed E-state index contributed by atoms with van der Waals surface area (Å²) in [5, 5.41) is 16.9. The first-order chi connectivity index (χ1) is 16.7. The minimum atomic E-state index is -0.833. The summed E-state index contributed by atoms with van der Waals surface area (Å²) in [5.74, 6) is -0.182. The fraction of sp³-hybridized carbons (Fsp3) is 0.435. The molecule has 0 spiro atoms. The average Bonchev–Trinajstić information content (AvgIpc) is 3.44. The number of alkyl halides is 2. The lowest BCUT2D eigenvalue weighted by Crippen LogP contribution is -2.44. The smallest absolute Gasteiger partial charge is 0.270 e. The van der Waals surface area contributed by atoms with Crippen molar-refractivity contribution in [3.8, 4) is 17.0 Å². The Balaban J connectivity index is 1.79. The highest BCUT2D eigenvalue weighted by molar-refractivity contribution is 6.44. The third-order valence-electron chi connectivity index (χ3n) is 5.49. The molecule has 3 aromatic rings. The van der Waals surface area contributed by atoms with E-state index >= 15 is 0 Å². The van der Waals surface area contributed by atoms with Crippen molar-refractivity contribution in [2.24, 2.45) is 0 Å². The van der Waals surface area contributed by atoms with E-state index in [4.69, 9.17) is 27.9 Å². The second-order valence-electron chi connectivity index (χ2n) is 7.93. The van der Waals surface area contributed by atoms with Gasteiger partial charge in [0.2, 0.25) is 11.8 Å². The number of hydrogen-bond donors (Lipinski definition) is 3. The summed E-state index contributed by atoms with van der Waals surface area (Å²) < 4.78 is 7.04. The number of H-pyrrole nitrogens is 1. The van der Waals surface area contributed by atoms with Gasteiger partial charge in [-0.25, -0.2) is 0 Å². The van der Waals surface area contributed by atoms with E-state index in [1.54, 1.807) is 23.0 Å². The van der Waals surface area contributed by atoms with Gasteiger partial charge in [-0.1, -0.05) is 0 Å². The minimum absolute atomic E-state index is 0.291. The van der Waals surface area contributed by atoms with Crippen molar-refractivity contribution in [1.29, 1.82) is 0 Å². The predicted octanol–water partition coefficient (Wildman–Crippen LogP) is 4.02. The van der Waals surface area contributed by atoms with Gasteiger partial charge in [-0.05, 0) is 58.2 Å². The van der Waals surface area contributed by atoms with Crippen molar-refractivity contribution < 1.29 is 14.3 Å². The molecule has 3 aromatic heterocycles. The van der Waals surface area contributed by atoms with E-state index in [9.17, 15) is 9.59 Å². The number of anilines is 1. The topological polar surface area (TPSA) is 127 Å². The Labute approximate surface area is 213 Å². The van der Waals surface area contributed by atoms with E-state index in [2.05, 4.69) is 30.9 Å². The molecule has 35 heavy (non-hydrogen) atoms. The van der Waals surface area contributed by atoms with Gasteiger partial charge in [-0.2, -0.15) is 15.2 Å². The molecule has 0 aromatic carbocycles. The molecule has 10 nitrogen and oxygen atoms in total. The highest BCUT2D eigenvalue weighted by atomic mass is 35.5. The lowest BCUT2D eigenvalue weighted by molar-refractivity contribution is -0.118. The first-order valence-electron chi connectivity index (χ1n) is 11.2. The van der Waals surface area contributed by atoms with Crippen molar-refractivity contribution in [2.45, 2.75) is 57.5 Å². The summed E-state index contributed by atoms with van der Waals surface area (Å²) in [5.41, 5.74) is 3.70. The highest BCUT2D eigenvalue weighted by Gasteiger charge is 2.24. The van der Waals surface area contributed by atoms with E-state index in [0.29, 0.717) is 43.2 Å². The van der Waals surface area contributed by atoms with Crippen molar-refractivity contribution in [3.05, 3.63) is 41.5 Å². The van der Waals surface area contributed by atoms with Gasteiger partial charge in [-0.15, -0.1) is 23.2 Å². The van der Waals surface area contributed by atoms with Crippen LogP contribution >= 0.6 is 23.2 Å². The SMILES string of the molecule is CCn1nccc1C(=O)N[C@H](CCCC(Cl)Cl)C(=O)Nc1ccc(-c2c(C)n[nH]c2C)c(OC)n1. The zero-order valence-electron chi connectivity index (χ0n) is 20.1. The van der Waals surface area contributed by atoms with Gasteiger partial charge in [0.05, 0.1) is 12.8 Å².